The van der Waals surface area contributed by atoms with Gasteiger partial charge in [-0.05, 0) is 42.3 Å². The summed E-state index contributed by atoms with van der Waals surface area (Å²) in [6, 6.07) is 15.0. The van der Waals surface area contributed by atoms with Crippen molar-refractivity contribution in [2.45, 2.75) is 13.5 Å². The molecule has 2 aromatic carbocycles. The molecule has 0 fully saturated rings. The molecular weight excluding hydrogens is 292 g/mol. The molecule has 0 bridgehead atoms. The molecule has 0 saturated carbocycles. The largest absolute Gasteiger partial charge is 0.476 e. The van der Waals surface area contributed by atoms with Gasteiger partial charge in [-0.2, -0.15) is 0 Å². The summed E-state index contributed by atoms with van der Waals surface area (Å²) in [4.78, 5) is 16.1. The Bertz CT molecular complexity index is 723. The van der Waals surface area contributed by atoms with Crippen molar-refractivity contribution in [2.75, 3.05) is 13.2 Å². The summed E-state index contributed by atoms with van der Waals surface area (Å²) >= 11 is 0. The fourth-order valence-corrected chi connectivity index (χ4v) is 2.29. The second-order valence-electron chi connectivity index (χ2n) is 5.23. The molecule has 1 heterocycles. The van der Waals surface area contributed by atoms with Gasteiger partial charge in [-0.25, -0.2) is 9.79 Å². The number of benzene rings is 2. The molecule has 0 unspecified atom stereocenters. The molecule has 0 aliphatic carbocycles. The molecule has 5 nitrogen and oxygen atoms in total. The van der Waals surface area contributed by atoms with Crippen molar-refractivity contribution >= 4 is 12.0 Å². The molecule has 1 aliphatic heterocycles. The van der Waals surface area contributed by atoms with E-state index in [1.165, 1.54) is 0 Å². The van der Waals surface area contributed by atoms with Crippen LogP contribution in [0, 0.1) is 6.92 Å². The number of rotatable bonds is 4. The number of hydrogen-bond donors (Lipinski definition) is 1. The molecule has 0 atom stereocenters. The van der Waals surface area contributed by atoms with Crippen LogP contribution in [0.1, 0.15) is 16.7 Å². The first-order valence-corrected chi connectivity index (χ1v) is 7.50. The van der Waals surface area contributed by atoms with Gasteiger partial charge in [0, 0.05) is 12.1 Å². The summed E-state index contributed by atoms with van der Waals surface area (Å²) in [5.74, 6) is 1.12. The second-order valence-corrected chi connectivity index (χ2v) is 5.23. The van der Waals surface area contributed by atoms with Gasteiger partial charge in [0.25, 0.3) is 0 Å². The summed E-state index contributed by atoms with van der Waals surface area (Å²) in [6.07, 6.45) is -0.476. The van der Waals surface area contributed by atoms with E-state index >= 15 is 0 Å². The molecule has 23 heavy (non-hydrogen) atoms. The number of nitrogens with zero attached hydrogens (tertiary/aromatic N) is 1. The van der Waals surface area contributed by atoms with Crippen molar-refractivity contribution in [3.63, 3.8) is 0 Å². The number of aryl methyl sites for hydroxylation is 1. The van der Waals surface area contributed by atoms with Crippen molar-refractivity contribution in [1.29, 1.82) is 0 Å². The van der Waals surface area contributed by atoms with E-state index in [1.54, 1.807) is 12.1 Å². The van der Waals surface area contributed by atoms with Crippen LogP contribution in [0.5, 0.6) is 5.75 Å². The molecule has 3 rings (SSSR count). The second kappa shape index (κ2) is 6.96. The van der Waals surface area contributed by atoms with Gasteiger partial charge in [-0.1, -0.05) is 24.3 Å². The van der Waals surface area contributed by atoms with E-state index in [9.17, 15) is 4.79 Å². The number of amides is 1. The Morgan fingerprint density at radius 3 is 2.70 bits per heavy atom. The monoisotopic (exact) mass is 310 g/mol. The molecular formula is C18H18N2O3. The van der Waals surface area contributed by atoms with E-state index in [2.05, 4.69) is 10.3 Å². The van der Waals surface area contributed by atoms with E-state index in [1.807, 2.05) is 43.3 Å². The quantitative estimate of drug-likeness (QED) is 0.944. The highest BCUT2D eigenvalue weighted by Gasteiger charge is 2.11. The maximum absolute atomic E-state index is 11.9. The molecule has 1 N–H and O–H groups in total. The van der Waals surface area contributed by atoms with Crippen molar-refractivity contribution in [1.82, 2.24) is 5.32 Å². The summed E-state index contributed by atoms with van der Waals surface area (Å²) < 4.78 is 10.7. The highest BCUT2D eigenvalue weighted by atomic mass is 16.6. The third-order valence-electron chi connectivity index (χ3n) is 3.58. The van der Waals surface area contributed by atoms with Crippen LogP contribution in [0.3, 0.4) is 0 Å². The standard InChI is InChI=1S/C18H18N2O3/c1-13-4-2-3-5-15(13)12-20-18(21)23-16-8-6-14(7-9-16)17-19-10-11-22-17/h2-9H,10-12H2,1H3,(H,20,21). The third-order valence-corrected chi connectivity index (χ3v) is 3.58. The molecule has 0 spiro atoms. The van der Waals surface area contributed by atoms with Gasteiger partial charge in [-0.3, -0.25) is 0 Å². The lowest BCUT2D eigenvalue weighted by Crippen LogP contribution is -2.26. The number of aliphatic imine (C=N–C) groups is 1. The molecule has 1 amide bonds. The molecule has 0 saturated heterocycles. The first kappa shape index (κ1) is 15.1. The van der Waals surface area contributed by atoms with E-state index < -0.39 is 6.09 Å². The van der Waals surface area contributed by atoms with Crippen LogP contribution < -0.4 is 10.1 Å². The van der Waals surface area contributed by atoms with Crippen LogP contribution in [0.2, 0.25) is 0 Å². The minimum atomic E-state index is -0.476. The zero-order valence-corrected chi connectivity index (χ0v) is 12.9. The van der Waals surface area contributed by atoms with Crippen LogP contribution in [-0.4, -0.2) is 25.1 Å². The Morgan fingerprint density at radius 1 is 1.22 bits per heavy atom. The number of hydrogen-bond acceptors (Lipinski definition) is 4. The zero-order chi connectivity index (χ0) is 16.1. The van der Waals surface area contributed by atoms with Gasteiger partial charge in [0.1, 0.15) is 12.4 Å². The molecule has 5 heteroatoms. The van der Waals surface area contributed by atoms with Crippen molar-refractivity contribution < 1.29 is 14.3 Å². The normalized spacial score (nSPS) is 13.2. The van der Waals surface area contributed by atoms with Gasteiger partial charge < -0.3 is 14.8 Å². The SMILES string of the molecule is Cc1ccccc1CNC(=O)Oc1ccc(C2=NCCO2)cc1. The van der Waals surface area contributed by atoms with Crippen LogP contribution >= 0.6 is 0 Å². The Hall–Kier alpha value is -2.82. The van der Waals surface area contributed by atoms with Gasteiger partial charge >= 0.3 is 6.09 Å². The topological polar surface area (TPSA) is 59.9 Å². The molecule has 0 aromatic heterocycles. The predicted octanol–water partition coefficient (Wildman–Crippen LogP) is 3.06. The number of ether oxygens (including phenoxy) is 2. The average Bonchev–Trinajstić information content (AvgIpc) is 3.09. The van der Waals surface area contributed by atoms with E-state index in [0.29, 0.717) is 31.3 Å². The summed E-state index contributed by atoms with van der Waals surface area (Å²) in [6.45, 7) is 3.76. The number of carbonyl (C=O) groups excluding carboxylic acids is 1. The lowest BCUT2D eigenvalue weighted by Gasteiger charge is -2.09. The lowest BCUT2D eigenvalue weighted by atomic mass is 10.1. The fourth-order valence-electron chi connectivity index (χ4n) is 2.29. The van der Waals surface area contributed by atoms with Gasteiger partial charge in [0.2, 0.25) is 5.90 Å². The third kappa shape index (κ3) is 3.88. The molecule has 118 valence electrons. The van der Waals surface area contributed by atoms with Crippen molar-refractivity contribution in [3.05, 3.63) is 65.2 Å². The highest BCUT2D eigenvalue weighted by Crippen LogP contribution is 2.15. The Kier molecular flexibility index (Phi) is 4.57. The van der Waals surface area contributed by atoms with Gasteiger partial charge in [-0.15, -0.1) is 0 Å². The van der Waals surface area contributed by atoms with E-state index in [4.69, 9.17) is 9.47 Å². The molecule has 1 aliphatic rings. The first-order chi connectivity index (χ1) is 11.2. The molecule has 0 radical (unpaired) electrons. The predicted molar refractivity (Wildman–Crippen MR) is 87.8 cm³/mol. The Morgan fingerprint density at radius 2 is 2.00 bits per heavy atom. The Balaban J connectivity index is 1.54. The molecule has 2 aromatic rings. The average molecular weight is 310 g/mol. The van der Waals surface area contributed by atoms with Crippen LogP contribution in [0.15, 0.2) is 53.5 Å². The van der Waals surface area contributed by atoms with Crippen LogP contribution in [-0.2, 0) is 11.3 Å². The van der Waals surface area contributed by atoms with Crippen LogP contribution in [0.25, 0.3) is 0 Å². The maximum Gasteiger partial charge on any atom is 0.412 e. The number of nitrogens with one attached hydrogen (secondary N) is 1. The van der Waals surface area contributed by atoms with Gasteiger partial charge in [0.15, 0.2) is 0 Å². The smallest absolute Gasteiger partial charge is 0.412 e. The van der Waals surface area contributed by atoms with Crippen LogP contribution in [0.4, 0.5) is 4.79 Å². The number of carbonyl (C=O) groups is 1. The van der Waals surface area contributed by atoms with E-state index in [0.717, 1.165) is 16.7 Å². The van der Waals surface area contributed by atoms with Gasteiger partial charge in [0.05, 0.1) is 6.54 Å². The first-order valence-electron chi connectivity index (χ1n) is 7.50. The minimum absolute atomic E-state index is 0.439. The lowest BCUT2D eigenvalue weighted by molar-refractivity contribution is 0.200. The highest BCUT2D eigenvalue weighted by molar-refractivity contribution is 5.95. The minimum Gasteiger partial charge on any atom is -0.476 e. The summed E-state index contributed by atoms with van der Waals surface area (Å²) in [5, 5.41) is 2.75. The summed E-state index contributed by atoms with van der Waals surface area (Å²) in [7, 11) is 0. The van der Waals surface area contributed by atoms with Crippen molar-refractivity contribution in [3.8, 4) is 5.75 Å². The Labute approximate surface area is 135 Å². The zero-order valence-electron chi connectivity index (χ0n) is 12.9. The van der Waals surface area contributed by atoms with Crippen molar-refractivity contribution in [2.24, 2.45) is 4.99 Å². The fraction of sp³-hybridized carbons (Fsp3) is 0.222. The summed E-state index contributed by atoms with van der Waals surface area (Å²) in [5.41, 5.74) is 3.08. The maximum atomic E-state index is 11.9. The van der Waals surface area contributed by atoms with E-state index in [-0.39, 0.29) is 0 Å².